The molecule has 0 atom stereocenters. The Bertz CT molecular complexity index is 521. The van der Waals surface area contributed by atoms with Gasteiger partial charge in [0.1, 0.15) is 5.82 Å². The summed E-state index contributed by atoms with van der Waals surface area (Å²) in [5, 5.41) is 0. The number of nitrogen functional groups attached to an aromatic ring is 1. The molecule has 3 rings (SSSR count). The van der Waals surface area contributed by atoms with Crippen LogP contribution in [0.4, 0.5) is 5.69 Å². The third-order valence-electron chi connectivity index (χ3n) is 4.05. The highest BCUT2D eigenvalue weighted by Crippen LogP contribution is 2.31. The van der Waals surface area contributed by atoms with Crippen LogP contribution in [0.5, 0.6) is 0 Å². The molecule has 0 spiro atoms. The van der Waals surface area contributed by atoms with Crippen LogP contribution in [0.3, 0.4) is 0 Å². The smallest absolute Gasteiger partial charge is 0.112 e. The lowest BCUT2D eigenvalue weighted by Gasteiger charge is -2.22. The van der Waals surface area contributed by atoms with E-state index in [1.807, 2.05) is 18.3 Å². The zero-order valence-electron chi connectivity index (χ0n) is 11.3. The van der Waals surface area contributed by atoms with Crippen LogP contribution in [0.2, 0.25) is 0 Å². The standard InChI is InChI=1S/C16H21N3/c17-15-8-6-13(7-9-15)12-19-11-10-18-16(19)14-4-2-1-3-5-14/h6-11,14H,1-5,12,17H2. The van der Waals surface area contributed by atoms with Crippen LogP contribution < -0.4 is 5.73 Å². The number of aromatic nitrogens is 2. The predicted molar refractivity (Wildman–Crippen MR) is 78.0 cm³/mol. The van der Waals surface area contributed by atoms with E-state index >= 15 is 0 Å². The molecule has 1 aromatic carbocycles. The van der Waals surface area contributed by atoms with Crippen molar-refractivity contribution in [3.63, 3.8) is 0 Å². The maximum Gasteiger partial charge on any atom is 0.112 e. The summed E-state index contributed by atoms with van der Waals surface area (Å²) in [6.45, 7) is 0.895. The van der Waals surface area contributed by atoms with Gasteiger partial charge in [-0.3, -0.25) is 0 Å². The molecule has 1 aliphatic rings. The fraction of sp³-hybridized carbons (Fsp3) is 0.438. The highest BCUT2D eigenvalue weighted by molar-refractivity contribution is 5.39. The SMILES string of the molecule is Nc1ccc(Cn2ccnc2C2CCCCC2)cc1. The first-order valence-electron chi connectivity index (χ1n) is 7.18. The van der Waals surface area contributed by atoms with E-state index in [4.69, 9.17) is 5.73 Å². The Balaban J connectivity index is 1.77. The van der Waals surface area contributed by atoms with Crippen LogP contribution >= 0.6 is 0 Å². The van der Waals surface area contributed by atoms with Gasteiger partial charge in [0.05, 0.1) is 0 Å². The van der Waals surface area contributed by atoms with Crippen LogP contribution in [0.25, 0.3) is 0 Å². The van der Waals surface area contributed by atoms with E-state index in [1.165, 1.54) is 43.5 Å². The normalized spacial score (nSPS) is 16.6. The van der Waals surface area contributed by atoms with Gasteiger partial charge in [0, 0.05) is 30.5 Å². The molecular formula is C16H21N3. The third kappa shape index (κ3) is 2.80. The van der Waals surface area contributed by atoms with Gasteiger partial charge in [0.2, 0.25) is 0 Å². The molecule has 100 valence electrons. The quantitative estimate of drug-likeness (QED) is 0.852. The zero-order valence-corrected chi connectivity index (χ0v) is 11.3. The average molecular weight is 255 g/mol. The second-order valence-corrected chi connectivity index (χ2v) is 5.49. The monoisotopic (exact) mass is 255 g/mol. The second-order valence-electron chi connectivity index (χ2n) is 5.49. The summed E-state index contributed by atoms with van der Waals surface area (Å²) in [6.07, 6.45) is 10.7. The summed E-state index contributed by atoms with van der Waals surface area (Å²) in [6, 6.07) is 8.12. The number of nitrogens with two attached hydrogens (primary N) is 1. The lowest BCUT2D eigenvalue weighted by molar-refractivity contribution is 0.418. The molecule has 0 aliphatic heterocycles. The first-order chi connectivity index (χ1) is 9.33. The highest BCUT2D eigenvalue weighted by atomic mass is 15.1. The van der Waals surface area contributed by atoms with Gasteiger partial charge in [-0.1, -0.05) is 31.4 Å². The van der Waals surface area contributed by atoms with Crippen LogP contribution in [-0.4, -0.2) is 9.55 Å². The number of hydrogen-bond donors (Lipinski definition) is 1. The van der Waals surface area contributed by atoms with Gasteiger partial charge in [0.15, 0.2) is 0 Å². The molecule has 2 aromatic rings. The van der Waals surface area contributed by atoms with Crippen molar-refractivity contribution in [1.82, 2.24) is 9.55 Å². The van der Waals surface area contributed by atoms with E-state index in [0.717, 1.165) is 12.2 Å². The minimum absolute atomic E-state index is 0.650. The lowest BCUT2D eigenvalue weighted by atomic mass is 9.88. The van der Waals surface area contributed by atoms with Crippen molar-refractivity contribution in [2.24, 2.45) is 0 Å². The minimum Gasteiger partial charge on any atom is -0.399 e. The largest absolute Gasteiger partial charge is 0.399 e. The number of anilines is 1. The first kappa shape index (κ1) is 12.3. The van der Waals surface area contributed by atoms with Crippen LogP contribution in [0.15, 0.2) is 36.7 Å². The molecule has 0 unspecified atom stereocenters. The van der Waals surface area contributed by atoms with Gasteiger partial charge in [-0.25, -0.2) is 4.98 Å². The van der Waals surface area contributed by atoms with E-state index in [-0.39, 0.29) is 0 Å². The zero-order chi connectivity index (χ0) is 13.1. The van der Waals surface area contributed by atoms with Crippen molar-refractivity contribution in [2.45, 2.75) is 44.6 Å². The van der Waals surface area contributed by atoms with Crippen molar-refractivity contribution < 1.29 is 0 Å². The van der Waals surface area contributed by atoms with Gasteiger partial charge in [-0.15, -0.1) is 0 Å². The summed E-state index contributed by atoms with van der Waals surface area (Å²) in [5.74, 6) is 1.91. The van der Waals surface area contributed by atoms with Crippen molar-refractivity contribution in [3.8, 4) is 0 Å². The van der Waals surface area contributed by atoms with E-state index < -0.39 is 0 Å². The summed E-state index contributed by atoms with van der Waals surface area (Å²) < 4.78 is 2.29. The van der Waals surface area contributed by atoms with E-state index in [2.05, 4.69) is 27.9 Å². The Morgan fingerprint density at radius 2 is 1.84 bits per heavy atom. The van der Waals surface area contributed by atoms with Crippen molar-refractivity contribution in [1.29, 1.82) is 0 Å². The molecule has 19 heavy (non-hydrogen) atoms. The summed E-state index contributed by atoms with van der Waals surface area (Å²) in [7, 11) is 0. The molecule has 1 heterocycles. The molecular weight excluding hydrogens is 234 g/mol. The van der Waals surface area contributed by atoms with Crippen LogP contribution in [-0.2, 0) is 6.54 Å². The van der Waals surface area contributed by atoms with Gasteiger partial charge in [0.25, 0.3) is 0 Å². The molecule has 0 amide bonds. The molecule has 3 heteroatoms. The highest BCUT2D eigenvalue weighted by Gasteiger charge is 2.19. The number of rotatable bonds is 3. The average Bonchev–Trinajstić information content (AvgIpc) is 2.90. The predicted octanol–water partition coefficient (Wildman–Crippen LogP) is 3.56. The second kappa shape index (κ2) is 5.47. The molecule has 2 N–H and O–H groups in total. The molecule has 3 nitrogen and oxygen atoms in total. The van der Waals surface area contributed by atoms with E-state index in [0.29, 0.717) is 5.92 Å². The fourth-order valence-corrected chi connectivity index (χ4v) is 2.99. The van der Waals surface area contributed by atoms with Crippen molar-refractivity contribution in [2.75, 3.05) is 5.73 Å². The molecule has 0 radical (unpaired) electrons. The number of hydrogen-bond acceptors (Lipinski definition) is 2. The van der Waals surface area contributed by atoms with Crippen LogP contribution in [0, 0.1) is 0 Å². The van der Waals surface area contributed by atoms with Crippen LogP contribution in [0.1, 0.15) is 49.4 Å². The maximum absolute atomic E-state index is 5.73. The lowest BCUT2D eigenvalue weighted by Crippen LogP contribution is -2.12. The van der Waals surface area contributed by atoms with Gasteiger partial charge < -0.3 is 10.3 Å². The molecule has 1 saturated carbocycles. The summed E-state index contributed by atoms with van der Waals surface area (Å²) in [5.41, 5.74) is 7.83. The molecule has 1 aromatic heterocycles. The Kier molecular flexibility index (Phi) is 3.53. The van der Waals surface area contributed by atoms with Crippen molar-refractivity contribution in [3.05, 3.63) is 48.0 Å². The number of benzene rings is 1. The fourth-order valence-electron chi connectivity index (χ4n) is 2.99. The topological polar surface area (TPSA) is 43.8 Å². The van der Waals surface area contributed by atoms with E-state index in [1.54, 1.807) is 0 Å². The third-order valence-corrected chi connectivity index (χ3v) is 4.05. The molecule has 0 saturated heterocycles. The Hall–Kier alpha value is -1.77. The molecule has 0 bridgehead atoms. The van der Waals surface area contributed by atoms with E-state index in [9.17, 15) is 0 Å². The van der Waals surface area contributed by atoms with Crippen molar-refractivity contribution >= 4 is 5.69 Å². The minimum atomic E-state index is 0.650. The number of nitrogens with zero attached hydrogens (tertiary/aromatic N) is 2. The Morgan fingerprint density at radius 3 is 2.58 bits per heavy atom. The van der Waals surface area contributed by atoms with Gasteiger partial charge >= 0.3 is 0 Å². The van der Waals surface area contributed by atoms with Gasteiger partial charge in [-0.05, 0) is 30.5 Å². The summed E-state index contributed by atoms with van der Waals surface area (Å²) in [4.78, 5) is 4.59. The molecule has 1 fully saturated rings. The Morgan fingerprint density at radius 1 is 1.11 bits per heavy atom. The first-order valence-corrected chi connectivity index (χ1v) is 7.18. The maximum atomic E-state index is 5.73. The summed E-state index contributed by atoms with van der Waals surface area (Å²) >= 11 is 0. The number of imidazole rings is 1. The Labute approximate surface area is 114 Å². The molecule has 1 aliphatic carbocycles. The van der Waals surface area contributed by atoms with Gasteiger partial charge in [-0.2, -0.15) is 0 Å².